The predicted molar refractivity (Wildman–Crippen MR) is 77.0 cm³/mol. The molecule has 2 amide bonds. The summed E-state index contributed by atoms with van der Waals surface area (Å²) < 4.78 is 5.03. The van der Waals surface area contributed by atoms with E-state index in [1.54, 1.807) is 0 Å². The number of ether oxygens (including phenoxy) is 1. The monoisotopic (exact) mass is 306 g/mol. The van der Waals surface area contributed by atoms with E-state index < -0.39 is 18.0 Å². The Morgan fingerprint density at radius 1 is 1.32 bits per heavy atom. The fourth-order valence-electron chi connectivity index (χ4n) is 2.22. The number of alkyl carbamates (subject to hydrolysis) is 1. The number of aliphatic carboxylic acids is 1. The lowest BCUT2D eigenvalue weighted by Gasteiger charge is -2.16. The highest BCUT2D eigenvalue weighted by Crippen LogP contribution is 2.17. The Morgan fingerprint density at radius 2 is 2.05 bits per heavy atom. The Kier molecular flexibility index (Phi) is 5.35. The van der Waals surface area contributed by atoms with Gasteiger partial charge in [0, 0.05) is 26.1 Å². The maximum absolute atomic E-state index is 11.6. The quantitative estimate of drug-likeness (QED) is 0.812. The van der Waals surface area contributed by atoms with Gasteiger partial charge in [-0.05, 0) is 5.56 Å². The number of carboxylic acids is 1. The molecule has 1 aromatic carbocycles. The van der Waals surface area contributed by atoms with Crippen LogP contribution in [-0.4, -0.2) is 47.6 Å². The van der Waals surface area contributed by atoms with E-state index in [2.05, 4.69) is 5.32 Å². The number of hydrogen-bond donors (Lipinski definition) is 2. The Hall–Kier alpha value is -2.57. The number of carboxylic acid groups (broad SMARTS) is 1. The molecule has 0 saturated carbocycles. The first-order chi connectivity index (χ1) is 10.6. The molecule has 0 aliphatic carbocycles. The molecule has 0 spiro atoms. The molecule has 1 aromatic rings. The molecule has 7 nitrogen and oxygen atoms in total. The normalized spacial score (nSPS) is 17.4. The number of carbonyl (C=O) groups excluding carboxylic acids is 2. The summed E-state index contributed by atoms with van der Waals surface area (Å²) in [6.45, 7) is 0.875. The van der Waals surface area contributed by atoms with Crippen LogP contribution in [0, 0.1) is 5.92 Å². The molecule has 22 heavy (non-hydrogen) atoms. The average molecular weight is 306 g/mol. The number of rotatable bonds is 6. The lowest BCUT2D eigenvalue weighted by molar-refractivity contribution is -0.141. The summed E-state index contributed by atoms with van der Waals surface area (Å²) in [4.78, 5) is 35.4. The number of nitrogens with one attached hydrogen (secondary N) is 1. The second kappa shape index (κ2) is 7.44. The number of benzene rings is 1. The van der Waals surface area contributed by atoms with Crippen LogP contribution in [0.3, 0.4) is 0 Å². The van der Waals surface area contributed by atoms with Crippen molar-refractivity contribution in [3.05, 3.63) is 35.9 Å². The SMILES string of the molecule is O=C(NCCN1CC(C(=O)O)CC1=O)OCc1ccccc1. The zero-order chi connectivity index (χ0) is 15.9. The molecule has 1 aliphatic heterocycles. The molecule has 2 N–H and O–H groups in total. The van der Waals surface area contributed by atoms with Crippen LogP contribution in [0.2, 0.25) is 0 Å². The van der Waals surface area contributed by atoms with Crippen molar-refractivity contribution < 1.29 is 24.2 Å². The molecule has 1 aliphatic rings. The summed E-state index contributed by atoms with van der Waals surface area (Å²) in [6.07, 6.45) is -0.543. The van der Waals surface area contributed by atoms with Crippen molar-refractivity contribution in [2.75, 3.05) is 19.6 Å². The van der Waals surface area contributed by atoms with E-state index in [9.17, 15) is 14.4 Å². The van der Waals surface area contributed by atoms with Crippen LogP contribution >= 0.6 is 0 Å². The minimum atomic E-state index is -0.967. The van der Waals surface area contributed by atoms with Gasteiger partial charge < -0.3 is 20.1 Å². The van der Waals surface area contributed by atoms with E-state index in [0.29, 0.717) is 0 Å². The summed E-state index contributed by atoms with van der Waals surface area (Å²) in [7, 11) is 0. The first kappa shape index (κ1) is 15.8. The van der Waals surface area contributed by atoms with Gasteiger partial charge in [-0.15, -0.1) is 0 Å². The minimum absolute atomic E-state index is 0.0216. The molecule has 1 saturated heterocycles. The van der Waals surface area contributed by atoms with Crippen LogP contribution < -0.4 is 5.32 Å². The third-order valence-electron chi connectivity index (χ3n) is 3.43. The number of likely N-dealkylation sites (tertiary alicyclic amines) is 1. The van der Waals surface area contributed by atoms with Crippen molar-refractivity contribution in [3.8, 4) is 0 Å². The van der Waals surface area contributed by atoms with Gasteiger partial charge in [-0.3, -0.25) is 9.59 Å². The second-order valence-corrected chi connectivity index (χ2v) is 5.07. The van der Waals surface area contributed by atoms with Crippen molar-refractivity contribution in [1.29, 1.82) is 0 Å². The van der Waals surface area contributed by atoms with E-state index in [4.69, 9.17) is 9.84 Å². The fraction of sp³-hybridized carbons (Fsp3) is 0.400. The Balaban J connectivity index is 1.65. The molecule has 0 bridgehead atoms. The highest BCUT2D eigenvalue weighted by atomic mass is 16.5. The highest BCUT2D eigenvalue weighted by Gasteiger charge is 2.33. The number of nitrogens with zero attached hydrogens (tertiary/aromatic N) is 1. The lowest BCUT2D eigenvalue weighted by atomic mass is 10.1. The van der Waals surface area contributed by atoms with Crippen LogP contribution in [0.25, 0.3) is 0 Å². The van der Waals surface area contributed by atoms with Gasteiger partial charge in [0.25, 0.3) is 0 Å². The lowest BCUT2D eigenvalue weighted by Crippen LogP contribution is -2.36. The molecule has 2 rings (SSSR count). The number of hydrogen-bond acceptors (Lipinski definition) is 4. The summed E-state index contributed by atoms with van der Waals surface area (Å²) in [5.41, 5.74) is 0.886. The minimum Gasteiger partial charge on any atom is -0.481 e. The van der Waals surface area contributed by atoms with E-state index in [1.807, 2.05) is 30.3 Å². The first-order valence-corrected chi connectivity index (χ1v) is 7.01. The molecule has 1 atom stereocenters. The van der Waals surface area contributed by atoms with Crippen molar-refractivity contribution in [1.82, 2.24) is 10.2 Å². The Bertz CT molecular complexity index is 546. The summed E-state index contributed by atoms with van der Waals surface area (Å²) in [6, 6.07) is 9.29. The molecular weight excluding hydrogens is 288 g/mol. The topological polar surface area (TPSA) is 95.9 Å². The average Bonchev–Trinajstić information content (AvgIpc) is 2.88. The molecule has 0 aromatic heterocycles. The van der Waals surface area contributed by atoms with Gasteiger partial charge in [0.15, 0.2) is 0 Å². The third-order valence-corrected chi connectivity index (χ3v) is 3.43. The van der Waals surface area contributed by atoms with Crippen molar-refractivity contribution in [2.24, 2.45) is 5.92 Å². The maximum atomic E-state index is 11.6. The number of amides is 2. The van der Waals surface area contributed by atoms with Gasteiger partial charge in [0.2, 0.25) is 5.91 Å². The van der Waals surface area contributed by atoms with Crippen molar-refractivity contribution in [3.63, 3.8) is 0 Å². The van der Waals surface area contributed by atoms with Gasteiger partial charge in [-0.2, -0.15) is 0 Å². The van der Waals surface area contributed by atoms with Crippen LogP contribution in [0.15, 0.2) is 30.3 Å². The van der Waals surface area contributed by atoms with Crippen LogP contribution in [0.5, 0.6) is 0 Å². The van der Waals surface area contributed by atoms with E-state index in [-0.39, 0.29) is 38.6 Å². The third kappa shape index (κ3) is 4.47. The Labute approximate surface area is 127 Å². The second-order valence-electron chi connectivity index (χ2n) is 5.07. The van der Waals surface area contributed by atoms with Gasteiger partial charge in [0.05, 0.1) is 5.92 Å². The van der Waals surface area contributed by atoms with Gasteiger partial charge in [-0.1, -0.05) is 30.3 Å². The maximum Gasteiger partial charge on any atom is 0.407 e. The molecular formula is C15H18N2O5. The van der Waals surface area contributed by atoms with Gasteiger partial charge in [0.1, 0.15) is 6.61 Å². The zero-order valence-corrected chi connectivity index (χ0v) is 12.0. The molecule has 0 radical (unpaired) electrons. The van der Waals surface area contributed by atoms with Crippen LogP contribution in [0.4, 0.5) is 4.79 Å². The summed E-state index contributed by atoms with van der Waals surface area (Å²) in [5.74, 6) is -1.82. The highest BCUT2D eigenvalue weighted by molar-refractivity contribution is 5.86. The van der Waals surface area contributed by atoms with Gasteiger partial charge in [-0.25, -0.2) is 4.79 Å². The first-order valence-electron chi connectivity index (χ1n) is 7.01. The summed E-state index contributed by atoms with van der Waals surface area (Å²) in [5, 5.41) is 11.4. The van der Waals surface area contributed by atoms with E-state index >= 15 is 0 Å². The summed E-state index contributed by atoms with van der Waals surface area (Å²) >= 11 is 0. The molecule has 7 heteroatoms. The molecule has 1 heterocycles. The molecule has 118 valence electrons. The van der Waals surface area contributed by atoms with Gasteiger partial charge >= 0.3 is 12.1 Å². The molecule has 1 unspecified atom stereocenters. The van der Waals surface area contributed by atoms with Crippen LogP contribution in [0.1, 0.15) is 12.0 Å². The standard InChI is InChI=1S/C15H18N2O5/c18-13-8-12(14(19)20)9-17(13)7-6-16-15(21)22-10-11-4-2-1-3-5-11/h1-5,12H,6-10H2,(H,16,21)(H,19,20). The van der Waals surface area contributed by atoms with E-state index in [0.717, 1.165) is 5.56 Å². The largest absolute Gasteiger partial charge is 0.481 e. The number of carbonyl (C=O) groups is 3. The van der Waals surface area contributed by atoms with Crippen molar-refractivity contribution >= 4 is 18.0 Å². The van der Waals surface area contributed by atoms with Crippen molar-refractivity contribution in [2.45, 2.75) is 13.0 Å². The predicted octanol–water partition coefficient (Wildman–Crippen LogP) is 0.846. The smallest absolute Gasteiger partial charge is 0.407 e. The Morgan fingerprint density at radius 3 is 2.68 bits per heavy atom. The fourth-order valence-corrected chi connectivity index (χ4v) is 2.22. The molecule has 1 fully saturated rings. The van der Waals surface area contributed by atoms with E-state index in [1.165, 1.54) is 4.90 Å². The zero-order valence-electron chi connectivity index (χ0n) is 12.0. The van der Waals surface area contributed by atoms with Crippen LogP contribution in [-0.2, 0) is 20.9 Å².